The maximum atomic E-state index is 10.7. The number of carbonyl (C=O) groups is 3. The minimum absolute atomic E-state index is 0.0110. The number of hydrogen-bond donors (Lipinski definition) is 0. The number of carbonyl (C=O) groups excluding carboxylic acids is 3. The molecule has 0 amide bonds. The van der Waals surface area contributed by atoms with E-state index in [9.17, 15) is 14.4 Å². The highest BCUT2D eigenvalue weighted by Gasteiger charge is 2.28. The second-order valence-electron chi connectivity index (χ2n) is 3.78. The Bertz CT molecular complexity index is 242. The van der Waals surface area contributed by atoms with Crippen LogP contribution in [0.15, 0.2) is 0 Å². The molecule has 0 fully saturated rings. The summed E-state index contributed by atoms with van der Waals surface area (Å²) in [7, 11) is 0. The Labute approximate surface area is 93.8 Å². The third-order valence-corrected chi connectivity index (χ3v) is 1.75. The van der Waals surface area contributed by atoms with Gasteiger partial charge in [0.25, 0.3) is 6.47 Å². The van der Waals surface area contributed by atoms with Crippen molar-refractivity contribution >= 4 is 18.4 Å². The Morgan fingerprint density at radius 2 is 1.50 bits per heavy atom. The van der Waals surface area contributed by atoms with Crippen molar-refractivity contribution in [2.75, 3.05) is 19.8 Å². The number of esters is 2. The van der Waals surface area contributed by atoms with E-state index in [2.05, 4.69) is 4.74 Å². The first-order chi connectivity index (χ1) is 7.39. The highest BCUT2D eigenvalue weighted by Crippen LogP contribution is 2.18. The standard InChI is InChI=1S/C10H16O6/c1-8(12)15-5-10(3,4-14-7-11)6-16-9(2)13/h7H,4-6H2,1-3H3. The summed E-state index contributed by atoms with van der Waals surface area (Å²) < 4.78 is 14.2. The van der Waals surface area contributed by atoms with Crippen LogP contribution < -0.4 is 0 Å². The van der Waals surface area contributed by atoms with Crippen LogP contribution in [0.3, 0.4) is 0 Å². The number of ether oxygens (including phenoxy) is 3. The first-order valence-corrected chi connectivity index (χ1v) is 4.71. The topological polar surface area (TPSA) is 78.9 Å². The predicted octanol–water partition coefficient (Wildman–Crippen LogP) is 0.292. The largest absolute Gasteiger partial charge is 0.467 e. The van der Waals surface area contributed by atoms with Gasteiger partial charge in [-0.25, -0.2) is 0 Å². The fraction of sp³-hybridized carbons (Fsp3) is 0.700. The predicted molar refractivity (Wildman–Crippen MR) is 53.4 cm³/mol. The molecule has 0 radical (unpaired) electrons. The summed E-state index contributed by atoms with van der Waals surface area (Å²) in [5.74, 6) is -0.889. The zero-order valence-corrected chi connectivity index (χ0v) is 9.65. The Kier molecular flexibility index (Phi) is 6.14. The van der Waals surface area contributed by atoms with Crippen LogP contribution in [-0.2, 0) is 28.6 Å². The minimum atomic E-state index is -0.724. The molecule has 0 aromatic rings. The average Bonchev–Trinajstić information content (AvgIpc) is 2.21. The average molecular weight is 232 g/mol. The van der Waals surface area contributed by atoms with Gasteiger partial charge in [0, 0.05) is 13.8 Å². The maximum absolute atomic E-state index is 10.7. The van der Waals surface area contributed by atoms with E-state index in [1.165, 1.54) is 13.8 Å². The van der Waals surface area contributed by atoms with Crippen molar-refractivity contribution in [3.05, 3.63) is 0 Å². The molecule has 0 bridgehead atoms. The third kappa shape index (κ3) is 6.80. The van der Waals surface area contributed by atoms with E-state index in [-0.39, 0.29) is 19.8 Å². The van der Waals surface area contributed by atoms with Crippen LogP contribution in [0.1, 0.15) is 20.8 Å². The summed E-state index contributed by atoms with van der Waals surface area (Å²) in [5, 5.41) is 0. The molecule has 0 aliphatic heterocycles. The molecule has 16 heavy (non-hydrogen) atoms. The Balaban J connectivity index is 4.27. The van der Waals surface area contributed by atoms with E-state index in [0.29, 0.717) is 6.47 Å². The van der Waals surface area contributed by atoms with Gasteiger partial charge in [0.1, 0.15) is 19.8 Å². The molecule has 0 spiro atoms. The molecule has 0 N–H and O–H groups in total. The normalized spacial score (nSPS) is 10.4. The summed E-state index contributed by atoms with van der Waals surface area (Å²) in [6.07, 6.45) is 0. The van der Waals surface area contributed by atoms with E-state index in [0.717, 1.165) is 0 Å². The molecule has 0 saturated carbocycles. The van der Waals surface area contributed by atoms with Crippen LogP contribution >= 0.6 is 0 Å². The molecular weight excluding hydrogens is 216 g/mol. The highest BCUT2D eigenvalue weighted by atomic mass is 16.6. The van der Waals surface area contributed by atoms with Crippen molar-refractivity contribution in [1.29, 1.82) is 0 Å². The molecule has 0 aromatic heterocycles. The van der Waals surface area contributed by atoms with Gasteiger partial charge in [0.05, 0.1) is 5.41 Å². The molecular formula is C10H16O6. The fourth-order valence-corrected chi connectivity index (χ4v) is 0.912. The molecule has 0 aliphatic rings. The van der Waals surface area contributed by atoms with Crippen molar-refractivity contribution in [2.45, 2.75) is 20.8 Å². The summed E-state index contributed by atoms with van der Waals surface area (Å²) in [6.45, 7) is 4.56. The SMILES string of the molecule is CC(=O)OCC(C)(COC=O)COC(C)=O. The Morgan fingerprint density at radius 3 is 1.81 bits per heavy atom. The van der Waals surface area contributed by atoms with E-state index in [4.69, 9.17) is 9.47 Å². The first-order valence-electron chi connectivity index (χ1n) is 4.71. The molecule has 0 unspecified atom stereocenters. The lowest BCUT2D eigenvalue weighted by Gasteiger charge is -2.26. The van der Waals surface area contributed by atoms with Gasteiger partial charge < -0.3 is 14.2 Å². The van der Waals surface area contributed by atoms with Gasteiger partial charge in [-0.2, -0.15) is 0 Å². The monoisotopic (exact) mass is 232 g/mol. The lowest BCUT2D eigenvalue weighted by atomic mass is 9.94. The van der Waals surface area contributed by atoms with Gasteiger partial charge in [-0.3, -0.25) is 14.4 Å². The quantitative estimate of drug-likeness (QED) is 0.356. The smallest absolute Gasteiger partial charge is 0.302 e. The summed E-state index contributed by atoms with van der Waals surface area (Å²) in [5.41, 5.74) is -0.724. The zero-order chi connectivity index (χ0) is 12.6. The van der Waals surface area contributed by atoms with Crippen LogP contribution in [0.4, 0.5) is 0 Å². The van der Waals surface area contributed by atoms with Crippen LogP contribution in [-0.4, -0.2) is 38.2 Å². The molecule has 0 aromatic carbocycles. The molecule has 0 heterocycles. The van der Waals surface area contributed by atoms with Gasteiger partial charge in [-0.05, 0) is 6.92 Å². The fourth-order valence-electron chi connectivity index (χ4n) is 0.912. The van der Waals surface area contributed by atoms with Crippen molar-refractivity contribution in [3.63, 3.8) is 0 Å². The van der Waals surface area contributed by atoms with Crippen molar-refractivity contribution < 1.29 is 28.6 Å². The first kappa shape index (κ1) is 14.4. The lowest BCUT2D eigenvalue weighted by molar-refractivity contribution is -0.154. The van der Waals surface area contributed by atoms with Crippen molar-refractivity contribution in [3.8, 4) is 0 Å². The van der Waals surface area contributed by atoms with E-state index in [1.54, 1.807) is 6.92 Å². The third-order valence-electron chi connectivity index (χ3n) is 1.75. The van der Waals surface area contributed by atoms with E-state index >= 15 is 0 Å². The molecule has 0 atom stereocenters. The summed E-state index contributed by atoms with van der Waals surface area (Å²) in [6, 6.07) is 0. The summed E-state index contributed by atoms with van der Waals surface area (Å²) in [4.78, 5) is 31.4. The Morgan fingerprint density at radius 1 is 1.06 bits per heavy atom. The number of hydrogen-bond acceptors (Lipinski definition) is 6. The van der Waals surface area contributed by atoms with E-state index < -0.39 is 17.4 Å². The maximum Gasteiger partial charge on any atom is 0.302 e. The lowest BCUT2D eigenvalue weighted by Crippen LogP contribution is -2.35. The van der Waals surface area contributed by atoms with Crippen LogP contribution in [0.2, 0.25) is 0 Å². The minimum Gasteiger partial charge on any atom is -0.467 e. The second-order valence-corrected chi connectivity index (χ2v) is 3.78. The highest BCUT2D eigenvalue weighted by molar-refractivity contribution is 5.66. The molecule has 6 heteroatoms. The van der Waals surface area contributed by atoms with Gasteiger partial charge in [-0.15, -0.1) is 0 Å². The zero-order valence-electron chi connectivity index (χ0n) is 9.65. The van der Waals surface area contributed by atoms with Crippen molar-refractivity contribution in [2.24, 2.45) is 5.41 Å². The number of rotatable bonds is 7. The van der Waals surface area contributed by atoms with Gasteiger partial charge in [0.2, 0.25) is 0 Å². The van der Waals surface area contributed by atoms with Gasteiger partial charge >= 0.3 is 11.9 Å². The van der Waals surface area contributed by atoms with Gasteiger partial charge in [0.15, 0.2) is 0 Å². The van der Waals surface area contributed by atoms with Crippen molar-refractivity contribution in [1.82, 2.24) is 0 Å². The molecule has 0 aliphatic carbocycles. The Hall–Kier alpha value is -1.59. The second kappa shape index (κ2) is 6.81. The molecule has 92 valence electrons. The van der Waals surface area contributed by atoms with Crippen LogP contribution in [0.5, 0.6) is 0 Å². The van der Waals surface area contributed by atoms with Crippen LogP contribution in [0.25, 0.3) is 0 Å². The van der Waals surface area contributed by atoms with Gasteiger partial charge in [-0.1, -0.05) is 0 Å². The van der Waals surface area contributed by atoms with E-state index in [1.807, 2.05) is 0 Å². The summed E-state index contributed by atoms with van der Waals surface area (Å²) >= 11 is 0. The van der Waals surface area contributed by atoms with Crippen LogP contribution in [0, 0.1) is 5.41 Å². The molecule has 0 saturated heterocycles. The molecule has 0 rings (SSSR count). The molecule has 6 nitrogen and oxygen atoms in total.